The zero-order valence-electron chi connectivity index (χ0n) is 12.2. The van der Waals surface area contributed by atoms with Crippen molar-refractivity contribution in [3.8, 4) is 0 Å². The lowest BCUT2D eigenvalue weighted by Crippen LogP contribution is -2.25. The number of hydrogen-bond donors (Lipinski definition) is 1. The van der Waals surface area contributed by atoms with Gasteiger partial charge in [0.25, 0.3) is 0 Å². The molecule has 0 saturated carbocycles. The monoisotopic (exact) mass is 296 g/mol. The average Bonchev–Trinajstić information content (AvgIpc) is 2.68. The number of fused-ring (bicyclic) bond motifs is 1. The maximum absolute atomic E-state index is 13.5. The van der Waals surface area contributed by atoms with Gasteiger partial charge in [-0.05, 0) is 12.3 Å². The fourth-order valence-corrected chi connectivity index (χ4v) is 2.54. The Morgan fingerprint density at radius 1 is 1.33 bits per heavy atom. The molecule has 1 heterocycles. The number of aryl methyl sites for hydroxylation is 1. The number of halogens is 2. The number of carboxylic acid groups (broad SMARTS) is 1. The predicted molar refractivity (Wildman–Crippen MR) is 75.2 cm³/mol. The first-order chi connectivity index (χ1) is 9.86. The quantitative estimate of drug-likeness (QED) is 0.918. The molecule has 0 saturated heterocycles. The van der Waals surface area contributed by atoms with Crippen molar-refractivity contribution in [2.75, 3.05) is 0 Å². The highest BCUT2D eigenvalue weighted by molar-refractivity contribution is 5.80. The fourth-order valence-electron chi connectivity index (χ4n) is 2.54. The number of carboxylic acids is 1. The summed E-state index contributed by atoms with van der Waals surface area (Å²) in [5, 5.41) is 9.48. The molecule has 1 aromatic carbocycles. The van der Waals surface area contributed by atoms with Crippen molar-refractivity contribution in [3.63, 3.8) is 0 Å². The van der Waals surface area contributed by atoms with E-state index in [-0.39, 0.29) is 11.4 Å². The lowest BCUT2D eigenvalue weighted by Gasteiger charge is -2.21. The van der Waals surface area contributed by atoms with E-state index in [0.717, 1.165) is 18.6 Å². The number of aromatic nitrogens is 2. The number of benzene rings is 1. The molecule has 0 radical (unpaired) electrons. The van der Waals surface area contributed by atoms with Crippen LogP contribution in [-0.2, 0) is 11.2 Å². The second-order valence-electron chi connectivity index (χ2n) is 5.43. The number of hydrogen-bond acceptors (Lipinski definition) is 2. The first-order valence-corrected chi connectivity index (χ1v) is 6.95. The summed E-state index contributed by atoms with van der Waals surface area (Å²) in [7, 11) is 0. The Labute approximate surface area is 121 Å². The molecule has 114 valence electrons. The maximum Gasteiger partial charge on any atom is 0.327 e. The van der Waals surface area contributed by atoms with Crippen molar-refractivity contribution in [2.24, 2.45) is 5.92 Å². The van der Waals surface area contributed by atoms with Gasteiger partial charge in [-0.2, -0.15) is 0 Å². The van der Waals surface area contributed by atoms with Crippen LogP contribution in [0.3, 0.4) is 0 Å². The van der Waals surface area contributed by atoms with E-state index in [9.17, 15) is 18.7 Å². The second kappa shape index (κ2) is 5.79. The largest absolute Gasteiger partial charge is 0.480 e. The van der Waals surface area contributed by atoms with Crippen LogP contribution in [-0.4, -0.2) is 20.6 Å². The summed E-state index contributed by atoms with van der Waals surface area (Å²) >= 11 is 0. The molecule has 4 nitrogen and oxygen atoms in total. The first kappa shape index (κ1) is 15.4. The molecule has 0 bridgehead atoms. The van der Waals surface area contributed by atoms with Crippen LogP contribution in [0.15, 0.2) is 12.1 Å². The van der Waals surface area contributed by atoms with Gasteiger partial charge < -0.3 is 9.67 Å². The highest BCUT2D eigenvalue weighted by Gasteiger charge is 2.28. The summed E-state index contributed by atoms with van der Waals surface area (Å²) in [5.74, 6) is -2.65. The van der Waals surface area contributed by atoms with Gasteiger partial charge in [0.15, 0.2) is 11.6 Å². The Bertz CT molecular complexity index is 680. The Kier molecular flexibility index (Phi) is 4.25. The second-order valence-corrected chi connectivity index (χ2v) is 5.43. The minimum Gasteiger partial charge on any atom is -0.480 e. The molecule has 0 aliphatic carbocycles. The summed E-state index contributed by atoms with van der Waals surface area (Å²) in [6, 6.07) is 1.18. The van der Waals surface area contributed by atoms with Gasteiger partial charge in [-0.15, -0.1) is 0 Å². The van der Waals surface area contributed by atoms with Crippen LogP contribution in [0, 0.1) is 17.6 Å². The van der Waals surface area contributed by atoms with E-state index in [1.807, 2.05) is 6.92 Å². The summed E-state index contributed by atoms with van der Waals surface area (Å²) in [4.78, 5) is 15.9. The van der Waals surface area contributed by atoms with Gasteiger partial charge in [0.1, 0.15) is 11.9 Å². The molecule has 0 fully saturated rings. The Morgan fingerprint density at radius 2 is 1.95 bits per heavy atom. The predicted octanol–water partition coefficient (Wildman–Crippen LogP) is 3.55. The van der Waals surface area contributed by atoms with Crippen molar-refractivity contribution < 1.29 is 18.7 Å². The molecule has 0 aliphatic rings. The molecule has 1 aromatic heterocycles. The third kappa shape index (κ3) is 2.75. The van der Waals surface area contributed by atoms with Crippen LogP contribution in [0.25, 0.3) is 11.0 Å². The molecule has 1 unspecified atom stereocenters. The van der Waals surface area contributed by atoms with Gasteiger partial charge in [0, 0.05) is 18.6 Å². The van der Waals surface area contributed by atoms with E-state index in [0.29, 0.717) is 17.8 Å². The minimum atomic E-state index is -1.01. The summed E-state index contributed by atoms with van der Waals surface area (Å²) in [6.07, 6.45) is 1.31. The van der Waals surface area contributed by atoms with Crippen LogP contribution in [0.2, 0.25) is 0 Å². The van der Waals surface area contributed by atoms with Gasteiger partial charge in [0.2, 0.25) is 0 Å². The van der Waals surface area contributed by atoms with Crippen LogP contribution < -0.4 is 0 Å². The molecule has 0 amide bonds. The molecule has 6 heteroatoms. The molecule has 2 rings (SSSR count). The molecular weight excluding hydrogens is 278 g/mol. The molecule has 0 spiro atoms. The Balaban J connectivity index is 2.76. The van der Waals surface area contributed by atoms with Crippen molar-refractivity contribution in [1.82, 2.24) is 9.55 Å². The Morgan fingerprint density at radius 3 is 2.48 bits per heavy atom. The summed E-state index contributed by atoms with van der Waals surface area (Å²) < 4.78 is 28.4. The summed E-state index contributed by atoms with van der Waals surface area (Å²) in [6.45, 7) is 5.50. The van der Waals surface area contributed by atoms with E-state index in [1.54, 1.807) is 13.8 Å². The van der Waals surface area contributed by atoms with Gasteiger partial charge in [0.05, 0.1) is 11.0 Å². The van der Waals surface area contributed by atoms with Crippen molar-refractivity contribution in [2.45, 2.75) is 39.7 Å². The van der Waals surface area contributed by atoms with Crippen LogP contribution in [0.5, 0.6) is 0 Å². The van der Waals surface area contributed by atoms with Crippen molar-refractivity contribution >= 4 is 17.0 Å². The minimum absolute atomic E-state index is 0.205. The van der Waals surface area contributed by atoms with Crippen molar-refractivity contribution in [1.29, 1.82) is 0 Å². The van der Waals surface area contributed by atoms with Gasteiger partial charge in [-0.1, -0.05) is 20.8 Å². The van der Waals surface area contributed by atoms with E-state index >= 15 is 0 Å². The maximum atomic E-state index is 13.5. The van der Waals surface area contributed by atoms with E-state index in [2.05, 4.69) is 4.98 Å². The Hall–Kier alpha value is -1.98. The number of rotatable bonds is 5. The lowest BCUT2D eigenvalue weighted by molar-refractivity contribution is -0.142. The zero-order valence-corrected chi connectivity index (χ0v) is 12.2. The topological polar surface area (TPSA) is 55.1 Å². The van der Waals surface area contributed by atoms with E-state index in [1.165, 1.54) is 4.57 Å². The lowest BCUT2D eigenvalue weighted by atomic mass is 10.0. The zero-order chi connectivity index (χ0) is 15.7. The normalized spacial score (nSPS) is 13.0. The van der Waals surface area contributed by atoms with Gasteiger partial charge in [-0.25, -0.2) is 18.6 Å². The average molecular weight is 296 g/mol. The highest BCUT2D eigenvalue weighted by Crippen LogP contribution is 2.28. The number of carbonyl (C=O) groups is 1. The standard InChI is InChI=1S/C15H18F2N2O2/c1-4-5-13-18-11-6-9(16)10(17)7-12(11)19(13)14(8(2)3)15(20)21/h6-8,14H,4-5H2,1-3H3,(H,20,21). The van der Waals surface area contributed by atoms with Gasteiger partial charge >= 0.3 is 5.97 Å². The number of nitrogens with zero attached hydrogens (tertiary/aromatic N) is 2. The first-order valence-electron chi connectivity index (χ1n) is 6.95. The summed E-state index contributed by atoms with van der Waals surface area (Å²) in [5.41, 5.74) is 0.600. The van der Waals surface area contributed by atoms with Crippen LogP contribution in [0.1, 0.15) is 39.1 Å². The third-order valence-electron chi connectivity index (χ3n) is 3.44. The van der Waals surface area contributed by atoms with Crippen LogP contribution in [0.4, 0.5) is 8.78 Å². The fraction of sp³-hybridized carbons (Fsp3) is 0.467. The highest BCUT2D eigenvalue weighted by atomic mass is 19.2. The molecule has 2 aromatic rings. The SMILES string of the molecule is CCCc1nc2cc(F)c(F)cc2n1C(C(=O)O)C(C)C. The number of imidazole rings is 1. The number of aliphatic carboxylic acids is 1. The molecule has 1 atom stereocenters. The molecular formula is C15H18F2N2O2. The van der Waals surface area contributed by atoms with E-state index in [4.69, 9.17) is 0 Å². The molecule has 1 N–H and O–H groups in total. The van der Waals surface area contributed by atoms with Gasteiger partial charge in [-0.3, -0.25) is 0 Å². The third-order valence-corrected chi connectivity index (χ3v) is 3.44. The van der Waals surface area contributed by atoms with Crippen LogP contribution >= 0.6 is 0 Å². The molecule has 21 heavy (non-hydrogen) atoms. The van der Waals surface area contributed by atoms with Crippen molar-refractivity contribution in [3.05, 3.63) is 29.6 Å². The van der Waals surface area contributed by atoms with E-state index < -0.39 is 23.6 Å². The smallest absolute Gasteiger partial charge is 0.327 e. The molecule has 0 aliphatic heterocycles.